The maximum absolute atomic E-state index is 13.2. The fourth-order valence-corrected chi connectivity index (χ4v) is 3.48. The Morgan fingerprint density at radius 1 is 1.22 bits per heavy atom. The molecule has 1 aromatic carbocycles. The van der Waals surface area contributed by atoms with Crippen LogP contribution in [0.15, 0.2) is 36.5 Å². The zero-order valence-corrected chi connectivity index (χ0v) is 14.8. The third-order valence-corrected chi connectivity index (χ3v) is 4.87. The van der Waals surface area contributed by atoms with Crippen LogP contribution in [-0.4, -0.2) is 48.2 Å². The lowest BCUT2D eigenvalue weighted by Gasteiger charge is -2.19. The van der Waals surface area contributed by atoms with E-state index in [9.17, 15) is 9.50 Å². The normalized spacial score (nSPS) is 16.1. The molecule has 0 amide bonds. The molecule has 2 aromatic heterocycles. The standard InChI is InChI=1S/C19H22FN5O2/c20-15-4-2-13(3-5-15)19-14(9-21-22-19)10-24-6-1-7-25-16(11-24)8-17(23-25)18(27)12-26/h2-5,8-9,18,26-27H,1,6-7,10-12H2,(H,21,22)/t18-/m0/s1. The molecule has 7 nitrogen and oxygen atoms in total. The maximum Gasteiger partial charge on any atom is 0.123 e. The highest BCUT2D eigenvalue weighted by atomic mass is 19.1. The summed E-state index contributed by atoms with van der Waals surface area (Å²) in [6, 6.07) is 8.23. The lowest BCUT2D eigenvalue weighted by molar-refractivity contribution is 0.0916. The summed E-state index contributed by atoms with van der Waals surface area (Å²) in [7, 11) is 0. The van der Waals surface area contributed by atoms with Crippen LogP contribution in [0.5, 0.6) is 0 Å². The van der Waals surface area contributed by atoms with Crippen molar-refractivity contribution in [1.29, 1.82) is 0 Å². The summed E-state index contributed by atoms with van der Waals surface area (Å²) in [4.78, 5) is 2.30. The van der Waals surface area contributed by atoms with Crippen LogP contribution in [0.1, 0.15) is 29.5 Å². The zero-order valence-electron chi connectivity index (χ0n) is 14.8. The first-order valence-corrected chi connectivity index (χ1v) is 9.00. The average molecular weight is 371 g/mol. The van der Waals surface area contributed by atoms with Crippen molar-refractivity contribution in [3.8, 4) is 11.3 Å². The van der Waals surface area contributed by atoms with Crippen LogP contribution in [0.25, 0.3) is 11.3 Å². The van der Waals surface area contributed by atoms with Crippen molar-refractivity contribution in [3.63, 3.8) is 0 Å². The second-order valence-corrected chi connectivity index (χ2v) is 6.82. The van der Waals surface area contributed by atoms with Crippen LogP contribution in [0.3, 0.4) is 0 Å². The molecule has 0 aliphatic carbocycles. The van der Waals surface area contributed by atoms with E-state index in [4.69, 9.17) is 5.11 Å². The molecular weight excluding hydrogens is 349 g/mol. The number of aliphatic hydroxyl groups is 2. The van der Waals surface area contributed by atoms with Crippen LogP contribution < -0.4 is 0 Å². The molecule has 0 radical (unpaired) electrons. The summed E-state index contributed by atoms with van der Waals surface area (Å²) in [6.07, 6.45) is 1.80. The van der Waals surface area contributed by atoms with E-state index >= 15 is 0 Å². The number of nitrogens with zero attached hydrogens (tertiary/aromatic N) is 4. The fraction of sp³-hybridized carbons (Fsp3) is 0.368. The third kappa shape index (κ3) is 3.78. The molecule has 27 heavy (non-hydrogen) atoms. The Bertz CT molecular complexity index is 905. The first kappa shape index (κ1) is 17.8. The van der Waals surface area contributed by atoms with Gasteiger partial charge in [-0.2, -0.15) is 10.2 Å². The molecule has 0 spiro atoms. The van der Waals surface area contributed by atoms with Gasteiger partial charge in [-0.15, -0.1) is 0 Å². The Morgan fingerprint density at radius 2 is 2.04 bits per heavy atom. The minimum absolute atomic E-state index is 0.263. The number of fused-ring (bicyclic) bond motifs is 1. The molecule has 1 aliphatic rings. The summed E-state index contributed by atoms with van der Waals surface area (Å²) < 4.78 is 15.1. The van der Waals surface area contributed by atoms with Gasteiger partial charge in [-0.25, -0.2) is 4.39 Å². The minimum Gasteiger partial charge on any atom is -0.393 e. The van der Waals surface area contributed by atoms with E-state index in [0.29, 0.717) is 18.8 Å². The predicted octanol–water partition coefficient (Wildman–Crippen LogP) is 1.84. The number of benzene rings is 1. The van der Waals surface area contributed by atoms with E-state index in [1.807, 2.05) is 16.9 Å². The maximum atomic E-state index is 13.2. The monoisotopic (exact) mass is 371 g/mol. The summed E-state index contributed by atoms with van der Waals surface area (Å²) in [5.41, 5.74) is 4.36. The van der Waals surface area contributed by atoms with Gasteiger partial charge in [0.1, 0.15) is 11.9 Å². The van der Waals surface area contributed by atoms with Gasteiger partial charge in [-0.3, -0.25) is 14.7 Å². The highest BCUT2D eigenvalue weighted by Gasteiger charge is 2.21. The molecule has 3 aromatic rings. The number of H-pyrrole nitrogens is 1. The molecule has 0 saturated heterocycles. The molecule has 3 N–H and O–H groups in total. The lowest BCUT2D eigenvalue weighted by atomic mass is 10.1. The number of rotatable bonds is 5. The van der Waals surface area contributed by atoms with Crippen molar-refractivity contribution >= 4 is 0 Å². The van der Waals surface area contributed by atoms with E-state index in [1.54, 1.807) is 12.1 Å². The van der Waals surface area contributed by atoms with Crippen LogP contribution in [0.2, 0.25) is 0 Å². The highest BCUT2D eigenvalue weighted by Crippen LogP contribution is 2.25. The second-order valence-electron chi connectivity index (χ2n) is 6.82. The Kier molecular flexibility index (Phi) is 5.02. The van der Waals surface area contributed by atoms with E-state index in [-0.39, 0.29) is 12.4 Å². The van der Waals surface area contributed by atoms with E-state index in [2.05, 4.69) is 20.2 Å². The van der Waals surface area contributed by atoms with Gasteiger partial charge in [-0.05, 0) is 36.8 Å². The molecule has 0 bridgehead atoms. The summed E-state index contributed by atoms with van der Waals surface area (Å²) in [5.74, 6) is -0.263. The minimum atomic E-state index is -0.947. The Balaban J connectivity index is 1.53. The van der Waals surface area contributed by atoms with Gasteiger partial charge in [-0.1, -0.05) is 0 Å². The molecule has 3 heterocycles. The fourth-order valence-electron chi connectivity index (χ4n) is 3.48. The van der Waals surface area contributed by atoms with Crippen LogP contribution >= 0.6 is 0 Å². The van der Waals surface area contributed by atoms with Crippen LogP contribution in [-0.2, 0) is 19.6 Å². The molecule has 1 aliphatic heterocycles. The molecule has 142 valence electrons. The lowest BCUT2D eigenvalue weighted by Crippen LogP contribution is -2.22. The Morgan fingerprint density at radius 3 is 2.81 bits per heavy atom. The topological polar surface area (TPSA) is 90.2 Å². The first-order valence-electron chi connectivity index (χ1n) is 9.00. The smallest absolute Gasteiger partial charge is 0.123 e. The van der Waals surface area contributed by atoms with Gasteiger partial charge in [0.15, 0.2) is 0 Å². The van der Waals surface area contributed by atoms with Crippen molar-refractivity contribution in [2.75, 3.05) is 13.2 Å². The number of aryl methyl sites for hydroxylation is 1. The van der Waals surface area contributed by atoms with E-state index < -0.39 is 6.10 Å². The van der Waals surface area contributed by atoms with Crippen LogP contribution in [0.4, 0.5) is 4.39 Å². The van der Waals surface area contributed by atoms with Crippen molar-refractivity contribution in [2.24, 2.45) is 0 Å². The van der Waals surface area contributed by atoms with E-state index in [1.165, 1.54) is 12.1 Å². The van der Waals surface area contributed by atoms with Crippen LogP contribution in [0, 0.1) is 5.82 Å². The number of nitrogens with one attached hydrogen (secondary N) is 1. The molecular formula is C19H22FN5O2. The van der Waals surface area contributed by atoms with Gasteiger partial charge in [0.2, 0.25) is 0 Å². The summed E-state index contributed by atoms with van der Waals surface area (Å²) in [6.45, 7) is 2.75. The van der Waals surface area contributed by atoms with Crippen molar-refractivity contribution in [1.82, 2.24) is 24.9 Å². The van der Waals surface area contributed by atoms with Gasteiger partial charge in [0, 0.05) is 37.3 Å². The summed E-state index contributed by atoms with van der Waals surface area (Å²) >= 11 is 0. The SMILES string of the molecule is OC[C@H](O)c1cc2n(n1)CCCN(Cc1cn[nH]c1-c1ccc(F)cc1)C2. The molecule has 4 rings (SSSR count). The molecule has 8 heteroatoms. The van der Waals surface area contributed by atoms with Gasteiger partial charge in [0.05, 0.1) is 29.9 Å². The second kappa shape index (κ2) is 7.59. The Labute approximate surface area is 156 Å². The molecule has 0 unspecified atom stereocenters. The Hall–Kier alpha value is -2.55. The quantitative estimate of drug-likeness (QED) is 0.637. The number of hydrogen-bond acceptors (Lipinski definition) is 5. The number of aliphatic hydroxyl groups excluding tert-OH is 2. The number of halogens is 1. The van der Waals surface area contributed by atoms with Gasteiger partial charge in [0.25, 0.3) is 0 Å². The van der Waals surface area contributed by atoms with Crippen molar-refractivity contribution in [3.05, 3.63) is 59.3 Å². The van der Waals surface area contributed by atoms with Crippen molar-refractivity contribution in [2.45, 2.75) is 32.2 Å². The largest absolute Gasteiger partial charge is 0.393 e. The summed E-state index contributed by atoms with van der Waals surface area (Å²) in [5, 5.41) is 30.6. The third-order valence-electron chi connectivity index (χ3n) is 4.87. The number of aromatic amines is 1. The number of aromatic nitrogens is 4. The highest BCUT2D eigenvalue weighted by molar-refractivity contribution is 5.62. The first-order chi connectivity index (χ1) is 13.1. The van der Waals surface area contributed by atoms with E-state index in [0.717, 1.165) is 42.0 Å². The molecule has 0 fully saturated rings. The van der Waals surface area contributed by atoms with Gasteiger partial charge >= 0.3 is 0 Å². The van der Waals surface area contributed by atoms with Gasteiger partial charge < -0.3 is 10.2 Å². The average Bonchev–Trinajstić information content (AvgIpc) is 3.25. The predicted molar refractivity (Wildman–Crippen MR) is 97.0 cm³/mol. The number of hydrogen-bond donors (Lipinski definition) is 3. The van der Waals surface area contributed by atoms with Crippen molar-refractivity contribution < 1.29 is 14.6 Å². The molecule has 0 saturated carbocycles. The zero-order chi connectivity index (χ0) is 18.8. The molecule has 1 atom stereocenters.